The molecule has 0 saturated carbocycles. The van der Waals surface area contributed by atoms with Crippen molar-refractivity contribution in [3.63, 3.8) is 0 Å². The van der Waals surface area contributed by atoms with E-state index in [9.17, 15) is 35.5 Å². The van der Waals surface area contributed by atoms with Gasteiger partial charge in [0.05, 0.1) is 24.7 Å². The average Bonchev–Trinajstić information content (AvgIpc) is 2.52. The van der Waals surface area contributed by atoms with Gasteiger partial charge in [0.2, 0.25) is 0 Å². The van der Waals surface area contributed by atoms with Crippen LogP contribution in [0.3, 0.4) is 0 Å². The Morgan fingerprint density at radius 2 is 1.44 bits per heavy atom. The summed E-state index contributed by atoms with van der Waals surface area (Å²) < 4.78 is 99.7. The fourth-order valence-corrected chi connectivity index (χ4v) is 2.11. The number of alkyl halides is 7. The number of benzene rings is 1. The second-order valence-electron chi connectivity index (χ2n) is 5.46. The van der Waals surface area contributed by atoms with Gasteiger partial charge >= 0.3 is 24.0 Å². The molecule has 1 aromatic carbocycles. The minimum Gasteiger partial charge on any atom is -0.465 e. The first kappa shape index (κ1) is 21.2. The van der Waals surface area contributed by atoms with Crippen LogP contribution in [0.5, 0.6) is 0 Å². The van der Waals surface area contributed by atoms with E-state index >= 15 is 0 Å². The fraction of sp³-hybridized carbons (Fsp3) is 0.533. The van der Waals surface area contributed by atoms with Crippen molar-refractivity contribution in [3.05, 3.63) is 35.4 Å². The maximum Gasteiger partial charge on any atom is 0.459 e. The van der Waals surface area contributed by atoms with Gasteiger partial charge in [-0.05, 0) is 24.6 Å². The van der Waals surface area contributed by atoms with Crippen molar-refractivity contribution < 1.29 is 45.0 Å². The highest BCUT2D eigenvalue weighted by Crippen LogP contribution is 2.51. The van der Waals surface area contributed by atoms with Gasteiger partial charge in [0.15, 0.2) is 0 Å². The molecule has 0 aromatic heterocycles. The number of halogens is 7. The van der Waals surface area contributed by atoms with Crippen molar-refractivity contribution in [2.24, 2.45) is 0 Å². The Morgan fingerprint density at radius 3 is 1.80 bits per heavy atom. The molecule has 0 bridgehead atoms. The monoisotopic (exact) mass is 376 g/mol. The van der Waals surface area contributed by atoms with E-state index in [-0.39, 0.29) is 11.1 Å². The van der Waals surface area contributed by atoms with Crippen molar-refractivity contribution >= 4 is 5.97 Å². The lowest BCUT2D eigenvalue weighted by Crippen LogP contribution is -2.54. The molecule has 1 unspecified atom stereocenters. The van der Waals surface area contributed by atoms with Gasteiger partial charge in [-0.2, -0.15) is 30.7 Å². The summed E-state index contributed by atoms with van der Waals surface area (Å²) in [6.45, 7) is 0.945. The van der Waals surface area contributed by atoms with Gasteiger partial charge in [0.25, 0.3) is 0 Å². The van der Waals surface area contributed by atoms with E-state index in [1.165, 1.54) is 0 Å². The quantitative estimate of drug-likeness (QED) is 0.540. The fourth-order valence-electron chi connectivity index (χ4n) is 2.11. The number of hydrogen-bond acceptors (Lipinski definition) is 3. The molecule has 0 saturated heterocycles. The molecule has 0 radical (unpaired) electrons. The predicted octanol–water partition coefficient (Wildman–Crippen LogP) is 4.56. The zero-order valence-corrected chi connectivity index (χ0v) is 13.4. The molecule has 0 aliphatic rings. The summed E-state index contributed by atoms with van der Waals surface area (Å²) in [5.41, 5.74) is -2.23. The van der Waals surface area contributed by atoms with Crippen LogP contribution in [0.1, 0.15) is 29.3 Å². The van der Waals surface area contributed by atoms with Gasteiger partial charge < -0.3 is 9.47 Å². The van der Waals surface area contributed by atoms with Crippen molar-refractivity contribution in [2.75, 3.05) is 14.2 Å². The molecular formula is C15H15F7O3. The Kier molecular flexibility index (Phi) is 5.78. The van der Waals surface area contributed by atoms with Crippen LogP contribution in [-0.2, 0) is 15.1 Å². The van der Waals surface area contributed by atoms with Crippen LogP contribution < -0.4 is 0 Å². The molecule has 0 N–H and O–H groups in total. The van der Waals surface area contributed by atoms with Gasteiger partial charge in [0, 0.05) is 7.11 Å². The lowest BCUT2D eigenvalue weighted by atomic mass is 9.86. The third-order valence-corrected chi connectivity index (χ3v) is 3.74. The normalized spacial score (nSPS) is 15.6. The zero-order valence-electron chi connectivity index (χ0n) is 13.4. The number of carbonyl (C=O) groups excluding carboxylic acids is 1. The van der Waals surface area contributed by atoms with E-state index in [0.717, 1.165) is 45.4 Å². The van der Waals surface area contributed by atoms with E-state index < -0.39 is 36.0 Å². The van der Waals surface area contributed by atoms with E-state index in [4.69, 9.17) is 4.74 Å². The van der Waals surface area contributed by atoms with Crippen molar-refractivity contribution in [1.29, 1.82) is 0 Å². The first-order chi connectivity index (χ1) is 11.2. The summed E-state index contributed by atoms with van der Waals surface area (Å²) >= 11 is 0. The summed E-state index contributed by atoms with van der Waals surface area (Å²) in [4.78, 5) is 11.3. The summed E-state index contributed by atoms with van der Waals surface area (Å²) in [5.74, 6) is -12.4. The Bertz CT molecular complexity index is 611. The zero-order chi connectivity index (χ0) is 19.7. The number of rotatable bonds is 6. The lowest BCUT2D eigenvalue weighted by molar-refractivity contribution is -0.361. The molecule has 142 valence electrons. The third kappa shape index (κ3) is 4.05. The average molecular weight is 376 g/mol. The maximum absolute atomic E-state index is 13.7. The number of methoxy groups -OCH3 is 2. The molecule has 0 fully saturated rings. The Morgan fingerprint density at radius 1 is 0.960 bits per heavy atom. The topological polar surface area (TPSA) is 35.5 Å². The minimum absolute atomic E-state index is 0.0390. The second-order valence-corrected chi connectivity index (χ2v) is 5.46. The molecule has 0 heterocycles. The Balaban J connectivity index is 3.21. The third-order valence-electron chi connectivity index (χ3n) is 3.74. The highest BCUT2D eigenvalue weighted by atomic mass is 19.4. The second kappa shape index (κ2) is 6.81. The highest BCUT2D eigenvalue weighted by Gasteiger charge is 2.73. The van der Waals surface area contributed by atoms with Crippen LogP contribution in [0.4, 0.5) is 30.7 Å². The van der Waals surface area contributed by atoms with E-state index in [1.807, 2.05) is 0 Å². The van der Waals surface area contributed by atoms with E-state index in [2.05, 4.69) is 4.74 Å². The largest absolute Gasteiger partial charge is 0.465 e. The molecule has 1 rings (SSSR count). The molecule has 0 amide bonds. The summed E-state index contributed by atoms with van der Waals surface area (Å²) in [6, 6.07) is 4.52. The predicted molar refractivity (Wildman–Crippen MR) is 72.7 cm³/mol. The van der Waals surface area contributed by atoms with E-state index in [0.29, 0.717) is 0 Å². The van der Waals surface area contributed by atoms with Crippen LogP contribution >= 0.6 is 0 Å². The van der Waals surface area contributed by atoms with Gasteiger partial charge in [-0.3, -0.25) is 0 Å². The van der Waals surface area contributed by atoms with Gasteiger partial charge in [-0.15, -0.1) is 0 Å². The van der Waals surface area contributed by atoms with Crippen LogP contribution in [-0.4, -0.2) is 38.2 Å². The molecule has 3 nitrogen and oxygen atoms in total. The summed E-state index contributed by atoms with van der Waals surface area (Å²) in [7, 11) is 2.01. The van der Waals surface area contributed by atoms with E-state index in [1.54, 1.807) is 0 Å². The molecule has 1 aromatic rings. The smallest absolute Gasteiger partial charge is 0.459 e. The molecule has 0 spiro atoms. The lowest BCUT2D eigenvalue weighted by Gasteiger charge is -2.36. The minimum atomic E-state index is -6.42. The van der Waals surface area contributed by atoms with Crippen molar-refractivity contribution in [1.82, 2.24) is 0 Å². The highest BCUT2D eigenvalue weighted by molar-refractivity contribution is 5.89. The number of ether oxygens (including phenoxy) is 2. The first-order valence-electron chi connectivity index (χ1n) is 6.78. The van der Waals surface area contributed by atoms with Crippen LogP contribution in [0.15, 0.2) is 24.3 Å². The first-order valence-corrected chi connectivity index (χ1v) is 6.78. The number of esters is 1. The SMILES string of the molecule is COC(=O)c1ccc(C(C)(CC(F)(F)C(F)(F)C(F)(F)F)OC)cc1. The summed E-state index contributed by atoms with van der Waals surface area (Å²) in [5, 5.41) is 0. The molecule has 10 heteroatoms. The number of carbonyl (C=O) groups is 1. The number of hydrogen-bond donors (Lipinski definition) is 0. The molecule has 1 atom stereocenters. The van der Waals surface area contributed by atoms with Gasteiger partial charge in [0.1, 0.15) is 0 Å². The van der Waals surface area contributed by atoms with Crippen LogP contribution in [0.2, 0.25) is 0 Å². The maximum atomic E-state index is 13.7. The van der Waals surface area contributed by atoms with Crippen molar-refractivity contribution in [2.45, 2.75) is 37.0 Å². The molecule has 0 aliphatic carbocycles. The Hall–Kier alpha value is -1.84. The summed E-state index contributed by atoms with van der Waals surface area (Å²) in [6.07, 6.45) is -8.35. The molecular weight excluding hydrogens is 361 g/mol. The Labute approximate surface area is 138 Å². The van der Waals surface area contributed by atoms with Crippen molar-refractivity contribution in [3.8, 4) is 0 Å². The van der Waals surface area contributed by atoms with Gasteiger partial charge in [-0.25, -0.2) is 4.79 Å². The standard InChI is InChI=1S/C15H15F7O3/c1-12(25-3,8-13(16,17)14(18,19)15(20,21)22)10-6-4-9(5-7-10)11(23)24-2/h4-7H,8H2,1-3H3. The molecule has 25 heavy (non-hydrogen) atoms. The van der Waals surface area contributed by atoms with Crippen LogP contribution in [0, 0.1) is 0 Å². The van der Waals surface area contributed by atoms with Gasteiger partial charge in [-0.1, -0.05) is 12.1 Å². The van der Waals surface area contributed by atoms with Crippen LogP contribution in [0.25, 0.3) is 0 Å². The molecule has 0 aliphatic heterocycles.